The number of amides is 1. The second-order valence-electron chi connectivity index (χ2n) is 5.17. The zero-order chi connectivity index (χ0) is 15.4. The van der Waals surface area contributed by atoms with Crippen molar-refractivity contribution in [3.63, 3.8) is 0 Å². The molecule has 1 fully saturated rings. The summed E-state index contributed by atoms with van der Waals surface area (Å²) in [5, 5.41) is 0.742. The number of benzene rings is 1. The Labute approximate surface area is 129 Å². The predicted molar refractivity (Wildman–Crippen MR) is 84.8 cm³/mol. The van der Waals surface area contributed by atoms with E-state index in [1.807, 2.05) is 11.8 Å². The topological polar surface area (TPSA) is 46.3 Å². The van der Waals surface area contributed by atoms with E-state index in [0.717, 1.165) is 0 Å². The monoisotopic (exact) mass is 306 g/mol. The predicted octanol–water partition coefficient (Wildman–Crippen LogP) is 2.10. The second-order valence-corrected chi connectivity index (χ2v) is 7.05. The van der Waals surface area contributed by atoms with E-state index >= 15 is 0 Å². The van der Waals surface area contributed by atoms with Gasteiger partial charge in [0.2, 0.25) is 0 Å². The third-order valence-electron chi connectivity index (χ3n) is 3.24. The van der Waals surface area contributed by atoms with E-state index in [2.05, 4.69) is 25.7 Å². The molecule has 1 saturated heterocycles. The highest BCUT2D eigenvalue weighted by Crippen LogP contribution is 2.26. The number of hydrogen-bond acceptors (Lipinski definition) is 3. The van der Waals surface area contributed by atoms with E-state index in [-0.39, 0.29) is 18.0 Å². The lowest BCUT2D eigenvalue weighted by Crippen LogP contribution is -2.44. The maximum atomic E-state index is 14.1. The molecule has 3 nitrogen and oxygen atoms in total. The minimum Gasteiger partial charge on any atom is -0.336 e. The van der Waals surface area contributed by atoms with Crippen molar-refractivity contribution >= 4 is 17.7 Å². The molecule has 0 aliphatic carbocycles. The van der Waals surface area contributed by atoms with Crippen molar-refractivity contribution in [3.05, 3.63) is 35.1 Å². The Morgan fingerprint density at radius 3 is 2.67 bits per heavy atom. The number of halogens is 1. The molecule has 1 aliphatic heterocycles. The molecule has 1 aromatic carbocycles. The zero-order valence-electron chi connectivity index (χ0n) is 12.2. The highest BCUT2D eigenvalue weighted by molar-refractivity contribution is 8.00. The third-order valence-corrected chi connectivity index (χ3v) is 4.47. The molecule has 0 aromatic heterocycles. The SMILES string of the molecule is CC1CN(C(=O)c2ccc(C#CCN)cc2F)CC(C)S1. The van der Waals surface area contributed by atoms with Gasteiger partial charge in [0, 0.05) is 29.2 Å². The molecule has 1 amide bonds. The molecular weight excluding hydrogens is 287 g/mol. The first-order valence-electron chi connectivity index (χ1n) is 6.94. The van der Waals surface area contributed by atoms with Crippen LogP contribution >= 0.6 is 11.8 Å². The highest BCUT2D eigenvalue weighted by atomic mass is 32.2. The van der Waals surface area contributed by atoms with Crippen molar-refractivity contribution in [1.82, 2.24) is 4.90 Å². The number of rotatable bonds is 1. The summed E-state index contributed by atoms with van der Waals surface area (Å²) >= 11 is 1.86. The van der Waals surface area contributed by atoms with Gasteiger partial charge in [-0.05, 0) is 18.2 Å². The van der Waals surface area contributed by atoms with Crippen LogP contribution in [-0.4, -0.2) is 40.9 Å². The lowest BCUT2D eigenvalue weighted by atomic mass is 10.1. The fourth-order valence-corrected chi connectivity index (χ4v) is 3.76. The van der Waals surface area contributed by atoms with Gasteiger partial charge in [-0.3, -0.25) is 4.79 Å². The van der Waals surface area contributed by atoms with Crippen molar-refractivity contribution in [3.8, 4) is 11.8 Å². The minimum atomic E-state index is -0.526. The Balaban J connectivity index is 2.19. The summed E-state index contributed by atoms with van der Waals surface area (Å²) < 4.78 is 14.1. The molecule has 2 N–H and O–H groups in total. The van der Waals surface area contributed by atoms with E-state index in [4.69, 9.17) is 5.73 Å². The average Bonchev–Trinajstić information content (AvgIpc) is 2.43. The molecule has 1 aliphatic rings. The van der Waals surface area contributed by atoms with E-state index in [1.54, 1.807) is 11.0 Å². The molecule has 0 saturated carbocycles. The maximum Gasteiger partial charge on any atom is 0.256 e. The van der Waals surface area contributed by atoms with Crippen LogP contribution < -0.4 is 5.73 Å². The summed E-state index contributed by atoms with van der Waals surface area (Å²) in [6.07, 6.45) is 0. The first-order valence-corrected chi connectivity index (χ1v) is 7.88. The van der Waals surface area contributed by atoms with Gasteiger partial charge in [-0.15, -0.1) is 0 Å². The Morgan fingerprint density at radius 1 is 1.43 bits per heavy atom. The minimum absolute atomic E-state index is 0.111. The van der Waals surface area contributed by atoms with Crippen LogP contribution in [-0.2, 0) is 0 Å². The van der Waals surface area contributed by atoms with Gasteiger partial charge < -0.3 is 10.6 Å². The molecule has 1 heterocycles. The summed E-state index contributed by atoms with van der Waals surface area (Å²) in [5.41, 5.74) is 5.93. The van der Waals surface area contributed by atoms with Gasteiger partial charge in [0.1, 0.15) is 5.82 Å². The molecule has 0 radical (unpaired) electrons. The van der Waals surface area contributed by atoms with Gasteiger partial charge in [-0.1, -0.05) is 25.7 Å². The second kappa shape index (κ2) is 6.97. The van der Waals surface area contributed by atoms with Gasteiger partial charge in [-0.25, -0.2) is 4.39 Å². The molecular formula is C16H19FN2OS. The Morgan fingerprint density at radius 2 is 2.10 bits per heavy atom. The third kappa shape index (κ3) is 3.99. The van der Waals surface area contributed by atoms with Crippen LogP contribution in [0, 0.1) is 17.7 Å². The number of carbonyl (C=O) groups is 1. The first kappa shape index (κ1) is 15.9. The maximum absolute atomic E-state index is 14.1. The van der Waals surface area contributed by atoms with Crippen LogP contribution in [0.25, 0.3) is 0 Å². The molecule has 1 aromatic rings. The molecule has 0 spiro atoms. The summed E-state index contributed by atoms with van der Waals surface area (Å²) in [6, 6.07) is 4.46. The van der Waals surface area contributed by atoms with Gasteiger partial charge >= 0.3 is 0 Å². The van der Waals surface area contributed by atoms with Crippen molar-refractivity contribution in [1.29, 1.82) is 0 Å². The molecule has 5 heteroatoms. The Bertz CT molecular complexity index is 584. The number of carbonyl (C=O) groups excluding carboxylic acids is 1. The standard InChI is InChI=1S/C16H19FN2OS/c1-11-9-19(10-12(2)21-11)16(20)14-6-5-13(4-3-7-18)8-15(14)17/h5-6,8,11-12H,7,9-10,18H2,1-2H3. The first-order chi connectivity index (χ1) is 10.0. The largest absolute Gasteiger partial charge is 0.336 e. The van der Waals surface area contributed by atoms with Crippen molar-refractivity contribution in [2.45, 2.75) is 24.3 Å². The summed E-state index contributed by atoms with van der Waals surface area (Å²) in [5.74, 6) is 4.66. The van der Waals surface area contributed by atoms with Gasteiger partial charge in [0.15, 0.2) is 0 Å². The number of hydrogen-bond donors (Lipinski definition) is 1. The molecule has 2 atom stereocenters. The van der Waals surface area contributed by atoms with Gasteiger partial charge in [0.05, 0.1) is 12.1 Å². The van der Waals surface area contributed by atoms with Crippen molar-refractivity contribution in [2.24, 2.45) is 5.73 Å². The fraction of sp³-hybridized carbons (Fsp3) is 0.438. The fourth-order valence-electron chi connectivity index (χ4n) is 2.43. The molecule has 21 heavy (non-hydrogen) atoms. The van der Waals surface area contributed by atoms with Crippen LogP contribution in [0.15, 0.2) is 18.2 Å². The number of nitrogens with zero attached hydrogens (tertiary/aromatic N) is 1. The van der Waals surface area contributed by atoms with E-state index in [9.17, 15) is 9.18 Å². The molecule has 2 unspecified atom stereocenters. The van der Waals surface area contributed by atoms with Crippen LogP contribution in [0.1, 0.15) is 29.8 Å². The van der Waals surface area contributed by atoms with Crippen molar-refractivity contribution in [2.75, 3.05) is 19.6 Å². The van der Waals surface area contributed by atoms with Crippen LogP contribution in [0.5, 0.6) is 0 Å². The normalized spacial score (nSPS) is 21.6. The van der Waals surface area contributed by atoms with Gasteiger partial charge in [0.25, 0.3) is 5.91 Å². The number of nitrogens with two attached hydrogens (primary N) is 1. The van der Waals surface area contributed by atoms with Gasteiger partial charge in [-0.2, -0.15) is 11.8 Å². The summed E-state index contributed by atoms with van der Waals surface area (Å²) in [7, 11) is 0. The van der Waals surface area contributed by atoms with Crippen LogP contribution in [0.3, 0.4) is 0 Å². The van der Waals surface area contributed by atoms with E-state index in [0.29, 0.717) is 29.2 Å². The highest BCUT2D eigenvalue weighted by Gasteiger charge is 2.27. The van der Waals surface area contributed by atoms with E-state index < -0.39 is 5.82 Å². The number of thioether (sulfide) groups is 1. The Kier molecular flexibility index (Phi) is 5.27. The summed E-state index contributed by atoms with van der Waals surface area (Å²) in [4.78, 5) is 14.2. The Hall–Kier alpha value is -1.51. The lowest BCUT2D eigenvalue weighted by molar-refractivity contribution is 0.0748. The summed E-state index contributed by atoms with van der Waals surface area (Å²) in [6.45, 7) is 5.71. The van der Waals surface area contributed by atoms with Crippen LogP contribution in [0.4, 0.5) is 4.39 Å². The quantitative estimate of drug-likeness (QED) is 0.808. The zero-order valence-corrected chi connectivity index (χ0v) is 13.0. The smallest absolute Gasteiger partial charge is 0.256 e. The molecule has 112 valence electrons. The average molecular weight is 306 g/mol. The van der Waals surface area contributed by atoms with Crippen LogP contribution in [0.2, 0.25) is 0 Å². The van der Waals surface area contributed by atoms with E-state index in [1.165, 1.54) is 12.1 Å². The van der Waals surface area contributed by atoms with Crippen molar-refractivity contribution < 1.29 is 9.18 Å². The molecule has 0 bridgehead atoms. The molecule has 2 rings (SSSR count). The lowest BCUT2D eigenvalue weighted by Gasteiger charge is -2.34.